The van der Waals surface area contributed by atoms with Gasteiger partial charge in [-0.1, -0.05) is 36.4 Å². The van der Waals surface area contributed by atoms with Crippen molar-refractivity contribution in [2.45, 2.75) is 13.8 Å². The Bertz CT molecular complexity index is 1130. The lowest BCUT2D eigenvalue weighted by molar-refractivity contribution is -0.132. The number of esters is 2. The molecule has 4 aromatic carbocycles. The molecule has 0 atom stereocenters. The third-order valence-electron chi connectivity index (χ3n) is 4.26. The first-order valence-corrected chi connectivity index (χ1v) is 8.77. The van der Waals surface area contributed by atoms with Gasteiger partial charge >= 0.3 is 11.9 Å². The van der Waals surface area contributed by atoms with Crippen LogP contribution >= 0.6 is 0 Å². The molecule has 0 unspecified atom stereocenters. The number of rotatable bonds is 3. The third kappa shape index (κ3) is 3.71. The molecule has 0 aliphatic carbocycles. The molecule has 0 aliphatic rings. The quantitative estimate of drug-likeness (QED) is 0.372. The summed E-state index contributed by atoms with van der Waals surface area (Å²) in [5, 5.41) is 3.72. The van der Waals surface area contributed by atoms with E-state index in [2.05, 4.69) is 12.1 Å². The van der Waals surface area contributed by atoms with E-state index in [4.69, 9.17) is 9.47 Å². The molecular formula is C24H16O4. The van der Waals surface area contributed by atoms with E-state index in [1.807, 2.05) is 48.5 Å². The molecule has 0 aliphatic heterocycles. The minimum Gasteiger partial charge on any atom is -0.427 e. The molecule has 4 heteroatoms. The fourth-order valence-corrected chi connectivity index (χ4v) is 3.08. The van der Waals surface area contributed by atoms with Gasteiger partial charge in [0, 0.05) is 13.8 Å². The van der Waals surface area contributed by atoms with Crippen LogP contribution in [0.3, 0.4) is 0 Å². The fourth-order valence-electron chi connectivity index (χ4n) is 3.08. The van der Waals surface area contributed by atoms with E-state index >= 15 is 0 Å². The molecule has 28 heavy (non-hydrogen) atoms. The van der Waals surface area contributed by atoms with Crippen LogP contribution in [-0.2, 0) is 9.59 Å². The molecule has 0 heterocycles. The Balaban J connectivity index is 1.69. The predicted molar refractivity (Wildman–Crippen MR) is 107 cm³/mol. The van der Waals surface area contributed by atoms with Crippen molar-refractivity contribution in [3.05, 3.63) is 72.8 Å². The lowest BCUT2D eigenvalue weighted by Gasteiger charge is -2.08. The lowest BCUT2D eigenvalue weighted by atomic mass is 9.98. The molecule has 0 N–H and O–H groups in total. The van der Waals surface area contributed by atoms with E-state index in [1.54, 1.807) is 12.1 Å². The minimum atomic E-state index is -0.345. The Morgan fingerprint density at radius 3 is 1.46 bits per heavy atom. The molecule has 0 spiro atoms. The Morgan fingerprint density at radius 2 is 1.07 bits per heavy atom. The van der Waals surface area contributed by atoms with Crippen LogP contribution in [0.15, 0.2) is 60.7 Å². The summed E-state index contributed by atoms with van der Waals surface area (Å²) in [6.45, 7) is 2.76. The van der Waals surface area contributed by atoms with Gasteiger partial charge in [0.2, 0.25) is 0 Å². The van der Waals surface area contributed by atoms with Crippen LogP contribution in [-0.4, -0.2) is 11.9 Å². The normalized spacial score (nSPS) is 10.8. The maximum atomic E-state index is 11.1. The van der Waals surface area contributed by atoms with Gasteiger partial charge in [-0.05, 0) is 69.1 Å². The average molecular weight is 368 g/mol. The smallest absolute Gasteiger partial charge is 0.308 e. The second-order valence-corrected chi connectivity index (χ2v) is 6.43. The van der Waals surface area contributed by atoms with Gasteiger partial charge in [0.15, 0.2) is 0 Å². The summed E-state index contributed by atoms with van der Waals surface area (Å²) in [6.07, 6.45) is 0. The van der Waals surface area contributed by atoms with Crippen LogP contribution < -0.4 is 9.47 Å². The van der Waals surface area contributed by atoms with E-state index in [0.717, 1.165) is 32.7 Å². The molecule has 0 amide bonds. The van der Waals surface area contributed by atoms with Crippen LogP contribution in [0.4, 0.5) is 0 Å². The Hall–Kier alpha value is -3.66. The summed E-state index contributed by atoms with van der Waals surface area (Å²) in [6, 6.07) is 25.5. The standard InChI is InChI=1S/C24H16O4/c1-15(25)27-23-9-7-19-11-17(3-5-21(19)13-23)18-4-6-22-14-24(28-16(2)26)10-8-20(22)12-18/h3-10,13-14H,1-2H3. The minimum absolute atomic E-state index is 0.345. The molecule has 2 radical (unpaired) electrons. The number of hydrogen-bond donors (Lipinski definition) is 0. The number of fused-ring (bicyclic) bond motifs is 2. The first-order chi connectivity index (χ1) is 13.5. The summed E-state index contributed by atoms with van der Waals surface area (Å²) in [5.74, 6) is 0.342. The Morgan fingerprint density at radius 1 is 0.643 bits per heavy atom. The SMILES string of the molecule is CC(=O)Oc1ccc2[c]c(-c3[c]c4ccc(OC(C)=O)cc4cc3)ccc2c1. The van der Waals surface area contributed by atoms with Crippen molar-refractivity contribution in [3.63, 3.8) is 0 Å². The largest absolute Gasteiger partial charge is 0.427 e. The fraction of sp³-hybridized carbons (Fsp3) is 0.0833. The second kappa shape index (κ2) is 7.16. The van der Waals surface area contributed by atoms with Gasteiger partial charge < -0.3 is 9.47 Å². The van der Waals surface area contributed by atoms with Crippen molar-refractivity contribution in [1.82, 2.24) is 0 Å². The maximum Gasteiger partial charge on any atom is 0.308 e. The molecule has 4 aromatic rings. The molecule has 0 bridgehead atoms. The van der Waals surface area contributed by atoms with E-state index in [-0.39, 0.29) is 11.9 Å². The van der Waals surface area contributed by atoms with E-state index in [0.29, 0.717) is 11.5 Å². The number of ether oxygens (including phenoxy) is 2. The Labute approximate surface area is 162 Å². The molecule has 0 aromatic heterocycles. The van der Waals surface area contributed by atoms with Crippen molar-refractivity contribution in [2.24, 2.45) is 0 Å². The van der Waals surface area contributed by atoms with Crippen LogP contribution in [0.5, 0.6) is 11.5 Å². The summed E-state index contributed by atoms with van der Waals surface area (Å²) in [4.78, 5) is 22.2. The van der Waals surface area contributed by atoms with Gasteiger partial charge in [0.05, 0.1) is 0 Å². The summed E-state index contributed by atoms with van der Waals surface area (Å²) in [5.41, 5.74) is 1.83. The average Bonchev–Trinajstić information content (AvgIpc) is 2.66. The predicted octanol–water partition coefficient (Wildman–Crippen LogP) is 5.11. The zero-order valence-electron chi connectivity index (χ0n) is 15.4. The number of hydrogen-bond acceptors (Lipinski definition) is 4. The molecule has 4 nitrogen and oxygen atoms in total. The highest BCUT2D eigenvalue weighted by molar-refractivity contribution is 5.91. The molecule has 0 saturated heterocycles. The van der Waals surface area contributed by atoms with Gasteiger partial charge in [0.25, 0.3) is 0 Å². The first-order valence-electron chi connectivity index (χ1n) is 8.77. The van der Waals surface area contributed by atoms with Crippen molar-refractivity contribution in [1.29, 1.82) is 0 Å². The lowest BCUT2D eigenvalue weighted by Crippen LogP contribution is -2.01. The van der Waals surface area contributed by atoms with Crippen molar-refractivity contribution in [2.75, 3.05) is 0 Å². The van der Waals surface area contributed by atoms with Crippen LogP contribution in [0.2, 0.25) is 0 Å². The highest BCUT2D eigenvalue weighted by Gasteiger charge is 2.06. The highest BCUT2D eigenvalue weighted by Crippen LogP contribution is 2.29. The Kier molecular flexibility index (Phi) is 4.53. The van der Waals surface area contributed by atoms with Gasteiger partial charge in [-0.2, -0.15) is 0 Å². The van der Waals surface area contributed by atoms with E-state index < -0.39 is 0 Å². The summed E-state index contributed by atoms with van der Waals surface area (Å²) >= 11 is 0. The number of benzene rings is 4. The highest BCUT2D eigenvalue weighted by atomic mass is 16.5. The van der Waals surface area contributed by atoms with Crippen LogP contribution in [0, 0.1) is 12.1 Å². The van der Waals surface area contributed by atoms with Crippen LogP contribution in [0.25, 0.3) is 32.7 Å². The number of carbonyl (C=O) groups is 2. The van der Waals surface area contributed by atoms with Crippen molar-refractivity contribution < 1.29 is 19.1 Å². The zero-order chi connectivity index (χ0) is 19.7. The summed E-state index contributed by atoms with van der Waals surface area (Å²) in [7, 11) is 0. The van der Waals surface area contributed by atoms with Gasteiger partial charge in [-0.25, -0.2) is 0 Å². The molecule has 0 fully saturated rings. The third-order valence-corrected chi connectivity index (χ3v) is 4.26. The monoisotopic (exact) mass is 368 g/mol. The maximum absolute atomic E-state index is 11.1. The van der Waals surface area contributed by atoms with E-state index in [1.165, 1.54) is 13.8 Å². The van der Waals surface area contributed by atoms with Gasteiger partial charge in [0.1, 0.15) is 11.5 Å². The molecule has 0 saturated carbocycles. The second-order valence-electron chi connectivity index (χ2n) is 6.43. The first kappa shape index (κ1) is 17.7. The summed E-state index contributed by atoms with van der Waals surface area (Å²) < 4.78 is 10.3. The van der Waals surface area contributed by atoms with Crippen molar-refractivity contribution in [3.8, 4) is 22.6 Å². The van der Waals surface area contributed by atoms with Crippen molar-refractivity contribution >= 4 is 33.5 Å². The number of carbonyl (C=O) groups excluding carboxylic acids is 2. The topological polar surface area (TPSA) is 52.6 Å². The van der Waals surface area contributed by atoms with E-state index in [9.17, 15) is 9.59 Å². The van der Waals surface area contributed by atoms with Gasteiger partial charge in [-0.15, -0.1) is 0 Å². The molecular weight excluding hydrogens is 352 g/mol. The zero-order valence-corrected chi connectivity index (χ0v) is 15.4. The van der Waals surface area contributed by atoms with Gasteiger partial charge in [-0.3, -0.25) is 9.59 Å². The van der Waals surface area contributed by atoms with Crippen LogP contribution in [0.1, 0.15) is 13.8 Å². The molecule has 4 rings (SSSR count). The molecule has 136 valence electrons.